The highest BCUT2D eigenvalue weighted by molar-refractivity contribution is 7.17. The first-order valence-corrected chi connectivity index (χ1v) is 9.22. The molecule has 1 heterocycles. The van der Waals surface area contributed by atoms with Gasteiger partial charge in [-0.2, -0.15) is 0 Å². The number of nitro benzene ring substituents is 1. The van der Waals surface area contributed by atoms with Crippen molar-refractivity contribution in [2.24, 2.45) is 11.7 Å². The highest BCUT2D eigenvalue weighted by atomic mass is 32.1. The van der Waals surface area contributed by atoms with Crippen molar-refractivity contribution >= 4 is 33.8 Å². The molecule has 0 spiro atoms. The summed E-state index contributed by atoms with van der Waals surface area (Å²) in [5.74, 6) is -0.490. The summed E-state index contributed by atoms with van der Waals surface area (Å²) < 4.78 is 0. The number of nitrogens with zero attached hydrogens (tertiary/aromatic N) is 1. The first-order valence-electron chi connectivity index (χ1n) is 8.40. The van der Waals surface area contributed by atoms with Crippen molar-refractivity contribution in [3.63, 3.8) is 0 Å². The summed E-state index contributed by atoms with van der Waals surface area (Å²) in [6.07, 6.45) is 3.72. The highest BCUT2D eigenvalue weighted by Crippen LogP contribution is 2.40. The van der Waals surface area contributed by atoms with Crippen molar-refractivity contribution < 1.29 is 14.5 Å². The number of amides is 2. The molecule has 136 valence electrons. The molecule has 3 N–H and O–H groups in total. The lowest BCUT2D eigenvalue weighted by molar-refractivity contribution is -0.384. The number of nitrogens with one attached hydrogen (secondary N) is 1. The van der Waals surface area contributed by atoms with Gasteiger partial charge in [0.2, 0.25) is 0 Å². The van der Waals surface area contributed by atoms with Crippen molar-refractivity contribution in [1.82, 2.24) is 0 Å². The maximum atomic E-state index is 12.5. The van der Waals surface area contributed by atoms with Gasteiger partial charge in [0, 0.05) is 22.6 Å². The zero-order chi connectivity index (χ0) is 18.8. The van der Waals surface area contributed by atoms with E-state index in [1.807, 2.05) is 0 Å². The van der Waals surface area contributed by atoms with E-state index in [1.54, 1.807) is 0 Å². The minimum absolute atomic E-state index is 0.160. The topological polar surface area (TPSA) is 115 Å². The van der Waals surface area contributed by atoms with Crippen LogP contribution >= 0.6 is 11.3 Å². The molecule has 1 aliphatic carbocycles. The average Bonchev–Trinajstić information content (AvgIpc) is 2.98. The van der Waals surface area contributed by atoms with Crippen LogP contribution < -0.4 is 11.1 Å². The molecule has 2 aromatic rings. The van der Waals surface area contributed by atoms with Gasteiger partial charge in [0.05, 0.1) is 10.5 Å². The van der Waals surface area contributed by atoms with Crippen molar-refractivity contribution in [1.29, 1.82) is 0 Å². The van der Waals surface area contributed by atoms with Gasteiger partial charge in [-0.05, 0) is 36.8 Å². The van der Waals surface area contributed by atoms with Gasteiger partial charge < -0.3 is 11.1 Å². The van der Waals surface area contributed by atoms with Gasteiger partial charge in [0.25, 0.3) is 17.5 Å². The van der Waals surface area contributed by atoms with Crippen LogP contribution in [0.25, 0.3) is 0 Å². The Hall–Kier alpha value is -2.74. The van der Waals surface area contributed by atoms with E-state index in [0.29, 0.717) is 16.5 Å². The molecule has 1 aliphatic rings. The van der Waals surface area contributed by atoms with Crippen molar-refractivity contribution in [3.8, 4) is 0 Å². The van der Waals surface area contributed by atoms with Crippen LogP contribution in [0.4, 0.5) is 10.7 Å². The van der Waals surface area contributed by atoms with Gasteiger partial charge in [0.1, 0.15) is 5.00 Å². The summed E-state index contributed by atoms with van der Waals surface area (Å²) in [6.45, 7) is 2.14. The lowest BCUT2D eigenvalue weighted by Gasteiger charge is -2.20. The monoisotopic (exact) mass is 373 g/mol. The first-order chi connectivity index (χ1) is 12.4. The summed E-state index contributed by atoms with van der Waals surface area (Å²) >= 11 is 1.38. The van der Waals surface area contributed by atoms with E-state index in [4.69, 9.17) is 5.73 Å². The van der Waals surface area contributed by atoms with E-state index >= 15 is 0 Å². The molecular formula is C18H19N3O4S. The molecule has 0 saturated heterocycles. The van der Waals surface area contributed by atoms with E-state index in [-0.39, 0.29) is 11.3 Å². The predicted octanol–water partition coefficient (Wildman–Crippen LogP) is 3.52. The molecule has 3 rings (SSSR count). The normalized spacial score (nSPS) is 16.0. The Morgan fingerprint density at radius 3 is 2.85 bits per heavy atom. The smallest absolute Gasteiger partial charge is 0.270 e. The number of fused-ring (bicyclic) bond motifs is 1. The van der Waals surface area contributed by atoms with Gasteiger partial charge >= 0.3 is 0 Å². The molecule has 0 bridgehead atoms. The van der Waals surface area contributed by atoms with E-state index in [2.05, 4.69) is 12.2 Å². The molecular weight excluding hydrogens is 354 g/mol. The first kappa shape index (κ1) is 18.1. The molecule has 1 aromatic carbocycles. The minimum Gasteiger partial charge on any atom is -0.365 e. The van der Waals surface area contributed by atoms with E-state index in [0.717, 1.165) is 36.1 Å². The highest BCUT2D eigenvalue weighted by Gasteiger charge is 2.28. The number of hydrogen-bond acceptors (Lipinski definition) is 5. The fourth-order valence-electron chi connectivity index (χ4n) is 3.29. The summed E-state index contributed by atoms with van der Waals surface area (Å²) in [5.41, 5.74) is 6.86. The second kappa shape index (κ2) is 7.25. The van der Waals surface area contributed by atoms with Gasteiger partial charge in [-0.25, -0.2) is 0 Å². The molecule has 0 fully saturated rings. The number of anilines is 1. The molecule has 0 radical (unpaired) electrons. The molecule has 7 nitrogen and oxygen atoms in total. The largest absolute Gasteiger partial charge is 0.365 e. The summed E-state index contributed by atoms with van der Waals surface area (Å²) in [4.78, 5) is 35.9. The maximum Gasteiger partial charge on any atom is 0.270 e. The Labute approximate surface area is 154 Å². The Morgan fingerprint density at radius 2 is 2.19 bits per heavy atom. The summed E-state index contributed by atoms with van der Waals surface area (Å²) in [5, 5.41) is 14.0. The van der Waals surface area contributed by atoms with Gasteiger partial charge in [-0.3, -0.25) is 19.7 Å². The standard InChI is InChI=1S/C18H19N3O4S/c1-2-10-6-7-13-14(8-10)26-18(15(13)16(19)22)20-17(23)11-4-3-5-12(9-11)21(24)25/h3-5,9-10H,2,6-8H2,1H3,(H2,19,22)(H,20,23)/t10-/m1/s1. The average molecular weight is 373 g/mol. The summed E-state index contributed by atoms with van der Waals surface area (Å²) in [7, 11) is 0. The van der Waals surface area contributed by atoms with Crippen LogP contribution in [0.5, 0.6) is 0 Å². The van der Waals surface area contributed by atoms with E-state index < -0.39 is 16.7 Å². The fourth-order valence-corrected chi connectivity index (χ4v) is 4.65. The van der Waals surface area contributed by atoms with Gasteiger partial charge in [-0.15, -0.1) is 11.3 Å². The van der Waals surface area contributed by atoms with Crippen LogP contribution in [0.15, 0.2) is 24.3 Å². The molecule has 26 heavy (non-hydrogen) atoms. The lowest BCUT2D eigenvalue weighted by Crippen LogP contribution is -2.19. The number of nitro groups is 1. The van der Waals surface area contributed by atoms with Crippen LogP contribution in [-0.2, 0) is 12.8 Å². The maximum absolute atomic E-state index is 12.5. The van der Waals surface area contributed by atoms with Crippen LogP contribution in [-0.4, -0.2) is 16.7 Å². The van der Waals surface area contributed by atoms with Crippen molar-refractivity contribution in [2.75, 3.05) is 5.32 Å². The number of rotatable bonds is 5. The third kappa shape index (κ3) is 3.45. The number of nitrogens with two attached hydrogens (primary N) is 1. The van der Waals surface area contributed by atoms with Crippen molar-refractivity contribution in [2.45, 2.75) is 32.6 Å². The molecule has 0 aliphatic heterocycles. The van der Waals surface area contributed by atoms with Crippen LogP contribution in [0, 0.1) is 16.0 Å². The number of hydrogen-bond donors (Lipinski definition) is 2. The molecule has 8 heteroatoms. The SMILES string of the molecule is CC[C@@H]1CCc2c(sc(NC(=O)c3cccc([N+](=O)[O-])c3)c2C(N)=O)C1. The molecule has 0 unspecified atom stereocenters. The van der Waals surface area contributed by atoms with Gasteiger partial charge in [-0.1, -0.05) is 19.4 Å². The third-order valence-electron chi connectivity index (χ3n) is 4.74. The zero-order valence-corrected chi connectivity index (χ0v) is 15.1. The third-order valence-corrected chi connectivity index (χ3v) is 5.91. The van der Waals surface area contributed by atoms with Crippen molar-refractivity contribution in [3.05, 3.63) is 55.9 Å². The van der Waals surface area contributed by atoms with E-state index in [9.17, 15) is 19.7 Å². The Bertz CT molecular complexity index is 891. The number of carbonyl (C=O) groups excluding carboxylic acids is 2. The second-order valence-electron chi connectivity index (χ2n) is 6.35. The lowest BCUT2D eigenvalue weighted by atomic mass is 9.85. The quantitative estimate of drug-likeness (QED) is 0.616. The number of thiophene rings is 1. The number of carbonyl (C=O) groups is 2. The zero-order valence-electron chi connectivity index (χ0n) is 14.3. The van der Waals surface area contributed by atoms with Crippen LogP contribution in [0.1, 0.15) is 50.9 Å². The second-order valence-corrected chi connectivity index (χ2v) is 7.46. The summed E-state index contributed by atoms with van der Waals surface area (Å²) in [6, 6.07) is 5.47. The molecule has 1 atom stereocenters. The number of non-ortho nitro benzene ring substituents is 1. The molecule has 0 saturated carbocycles. The Balaban J connectivity index is 1.91. The molecule has 2 amide bonds. The number of primary amides is 1. The predicted molar refractivity (Wildman–Crippen MR) is 99.7 cm³/mol. The fraction of sp³-hybridized carbons (Fsp3) is 0.333. The minimum atomic E-state index is -0.563. The molecule has 1 aromatic heterocycles. The number of benzene rings is 1. The van der Waals surface area contributed by atoms with Crippen LogP contribution in [0.3, 0.4) is 0 Å². The Morgan fingerprint density at radius 1 is 1.42 bits per heavy atom. The van der Waals surface area contributed by atoms with Crippen LogP contribution in [0.2, 0.25) is 0 Å². The van der Waals surface area contributed by atoms with Gasteiger partial charge in [0.15, 0.2) is 0 Å². The van der Waals surface area contributed by atoms with E-state index in [1.165, 1.54) is 35.6 Å². The Kier molecular flexibility index (Phi) is 5.03.